The highest BCUT2D eigenvalue weighted by Crippen LogP contribution is 2.29. The number of aryl methyl sites for hydroxylation is 1. The van der Waals surface area contributed by atoms with Crippen LogP contribution in [0.2, 0.25) is 0 Å². The molecule has 0 saturated heterocycles. The molecule has 1 fully saturated rings. The number of hydrogen-bond acceptors (Lipinski definition) is 2. The molecule has 160 valence electrons. The molecule has 0 radical (unpaired) electrons. The zero-order valence-corrected chi connectivity index (χ0v) is 18.9. The minimum absolute atomic E-state index is 0.0206. The third kappa shape index (κ3) is 9.78. The van der Waals surface area contributed by atoms with Gasteiger partial charge in [-0.2, -0.15) is 0 Å². The van der Waals surface area contributed by atoms with Crippen LogP contribution in [0.25, 0.3) is 0 Å². The minimum atomic E-state index is -0.120. The quantitative estimate of drug-likeness (QED) is 0.190. The summed E-state index contributed by atoms with van der Waals surface area (Å²) >= 11 is 0. The molecule has 1 aliphatic carbocycles. The molecule has 2 nitrogen and oxygen atoms in total. The molecule has 1 atom stereocenters. The van der Waals surface area contributed by atoms with E-state index in [9.17, 15) is 9.90 Å². The van der Waals surface area contributed by atoms with Crippen molar-refractivity contribution in [3.05, 3.63) is 71.5 Å². The highest BCUT2D eigenvalue weighted by atomic mass is 16.3. The van der Waals surface area contributed by atoms with Crippen molar-refractivity contribution in [2.24, 2.45) is 11.8 Å². The number of rotatable bonds is 10. The Kier molecular flexibility index (Phi) is 12.0. The maximum atomic E-state index is 12.1. The number of carbonyl (C=O) groups excluding carboxylic acids is 1. The molecule has 1 N–H and O–H groups in total. The van der Waals surface area contributed by atoms with E-state index in [2.05, 4.69) is 64.6 Å². The Bertz CT molecular complexity index is 678. The van der Waals surface area contributed by atoms with Gasteiger partial charge in [-0.3, -0.25) is 4.79 Å². The van der Waals surface area contributed by atoms with Gasteiger partial charge in [-0.05, 0) is 55.2 Å². The van der Waals surface area contributed by atoms with Crippen LogP contribution in [0, 0.1) is 11.8 Å². The molecule has 0 bridgehead atoms. The molecule has 1 saturated carbocycles. The molecule has 2 heteroatoms. The van der Waals surface area contributed by atoms with Crippen molar-refractivity contribution in [2.45, 2.75) is 79.1 Å². The Morgan fingerprint density at radius 3 is 2.34 bits per heavy atom. The van der Waals surface area contributed by atoms with E-state index in [1.165, 1.54) is 17.6 Å². The molecule has 1 unspecified atom stereocenters. The van der Waals surface area contributed by atoms with Gasteiger partial charge in [-0.25, -0.2) is 0 Å². The standard InChI is InChI=1S/C24H32O2.C3H8/c1-4-18(2)15-21(14-13-20-9-6-5-7-10-20)16-19(3)17-23(25)24(26)22-11-8-12-22;1-3-2/h5-7,9-10,15,17-18,22,25H,3-4,8,11-14,16H2,1-2H3;3H2,1-2H3/b21-15-,23-17-;. The third-order valence-corrected chi connectivity index (χ3v) is 5.27. The molecule has 1 aliphatic rings. The van der Waals surface area contributed by atoms with Crippen LogP contribution in [0.5, 0.6) is 0 Å². The summed E-state index contributed by atoms with van der Waals surface area (Å²) in [4.78, 5) is 12.1. The average Bonchev–Trinajstić information content (AvgIpc) is 2.66. The zero-order chi connectivity index (χ0) is 21.6. The smallest absolute Gasteiger partial charge is 0.200 e. The van der Waals surface area contributed by atoms with Gasteiger partial charge in [0.05, 0.1) is 0 Å². The third-order valence-electron chi connectivity index (χ3n) is 5.27. The van der Waals surface area contributed by atoms with E-state index >= 15 is 0 Å². The van der Waals surface area contributed by atoms with Crippen LogP contribution >= 0.6 is 0 Å². The van der Waals surface area contributed by atoms with Gasteiger partial charge >= 0.3 is 0 Å². The second-order valence-electron chi connectivity index (χ2n) is 8.26. The molecule has 0 heterocycles. The first-order valence-corrected chi connectivity index (χ1v) is 11.3. The van der Waals surface area contributed by atoms with Crippen molar-refractivity contribution >= 4 is 5.78 Å². The predicted octanol–water partition coefficient (Wildman–Crippen LogP) is 7.77. The number of benzene rings is 1. The van der Waals surface area contributed by atoms with E-state index in [1.54, 1.807) is 6.08 Å². The highest BCUT2D eigenvalue weighted by molar-refractivity contribution is 5.95. The summed E-state index contributed by atoms with van der Waals surface area (Å²) in [5.74, 6) is 0.301. The van der Waals surface area contributed by atoms with E-state index in [0.717, 1.165) is 44.1 Å². The largest absolute Gasteiger partial charge is 0.504 e. The number of carbonyl (C=O) groups is 1. The summed E-state index contributed by atoms with van der Waals surface area (Å²) < 4.78 is 0. The lowest BCUT2D eigenvalue weighted by atomic mass is 9.81. The van der Waals surface area contributed by atoms with Crippen LogP contribution in [0.1, 0.15) is 78.2 Å². The van der Waals surface area contributed by atoms with Gasteiger partial charge < -0.3 is 5.11 Å². The first kappa shape index (κ1) is 24.9. The Morgan fingerprint density at radius 1 is 1.21 bits per heavy atom. The van der Waals surface area contributed by atoms with Crippen LogP contribution in [0.3, 0.4) is 0 Å². The lowest BCUT2D eigenvalue weighted by molar-refractivity contribution is -0.123. The number of allylic oxidation sites excluding steroid dienone is 5. The second-order valence-corrected chi connectivity index (χ2v) is 8.26. The molecule has 0 aromatic heterocycles. The van der Waals surface area contributed by atoms with E-state index in [-0.39, 0.29) is 17.5 Å². The van der Waals surface area contributed by atoms with Crippen LogP contribution in [0.15, 0.2) is 66.0 Å². The normalized spacial score (nSPS) is 15.7. The lowest BCUT2D eigenvalue weighted by Crippen LogP contribution is -2.23. The Morgan fingerprint density at radius 2 is 1.83 bits per heavy atom. The van der Waals surface area contributed by atoms with Crippen molar-refractivity contribution in [1.29, 1.82) is 0 Å². The van der Waals surface area contributed by atoms with Crippen molar-refractivity contribution < 1.29 is 9.90 Å². The summed E-state index contributed by atoms with van der Waals surface area (Å²) in [6.45, 7) is 12.7. The Balaban J connectivity index is 0.00000132. The van der Waals surface area contributed by atoms with E-state index < -0.39 is 0 Å². The van der Waals surface area contributed by atoms with Gasteiger partial charge in [0.1, 0.15) is 0 Å². The lowest BCUT2D eigenvalue weighted by Gasteiger charge is -2.23. The van der Waals surface area contributed by atoms with E-state index in [1.807, 2.05) is 6.07 Å². The number of aliphatic hydroxyl groups excluding tert-OH is 1. The SMILES string of the molecule is C=C(/C=C(\O)C(=O)C1CCC1)C/C(=C\C(C)CC)CCc1ccccc1.CCC. The summed E-state index contributed by atoms with van der Waals surface area (Å²) in [6.07, 6.45) is 11.8. The molecule has 1 aromatic rings. The Labute approximate surface area is 178 Å². The second kappa shape index (κ2) is 14.0. The van der Waals surface area contributed by atoms with Crippen LogP contribution in [0.4, 0.5) is 0 Å². The number of ketones is 1. The maximum absolute atomic E-state index is 12.1. The number of Topliss-reactive ketones (excluding diaryl/α,β-unsaturated/α-hetero) is 1. The molecule has 0 amide bonds. The van der Waals surface area contributed by atoms with Gasteiger partial charge in [0.25, 0.3) is 0 Å². The molecular weight excluding hydrogens is 356 g/mol. The maximum Gasteiger partial charge on any atom is 0.200 e. The molecule has 1 aromatic carbocycles. The van der Waals surface area contributed by atoms with Crippen molar-refractivity contribution in [1.82, 2.24) is 0 Å². The first-order valence-electron chi connectivity index (χ1n) is 11.3. The molecule has 0 aliphatic heterocycles. The monoisotopic (exact) mass is 396 g/mol. The molecule has 2 rings (SSSR count). The van der Waals surface area contributed by atoms with Crippen molar-refractivity contribution in [2.75, 3.05) is 0 Å². The summed E-state index contributed by atoms with van der Waals surface area (Å²) in [5, 5.41) is 10.1. The first-order chi connectivity index (χ1) is 13.9. The van der Waals surface area contributed by atoms with Crippen LogP contribution in [-0.2, 0) is 11.2 Å². The van der Waals surface area contributed by atoms with Crippen molar-refractivity contribution in [3.8, 4) is 0 Å². The number of aliphatic hydroxyl groups is 1. The predicted molar refractivity (Wildman–Crippen MR) is 125 cm³/mol. The number of hydrogen-bond donors (Lipinski definition) is 1. The molecule has 29 heavy (non-hydrogen) atoms. The summed E-state index contributed by atoms with van der Waals surface area (Å²) in [5.41, 5.74) is 3.46. The Hall–Kier alpha value is -2.09. The van der Waals surface area contributed by atoms with Gasteiger partial charge in [0.15, 0.2) is 11.5 Å². The van der Waals surface area contributed by atoms with Gasteiger partial charge in [0.2, 0.25) is 0 Å². The summed E-state index contributed by atoms with van der Waals surface area (Å²) in [6, 6.07) is 10.5. The van der Waals surface area contributed by atoms with E-state index in [4.69, 9.17) is 0 Å². The fraction of sp³-hybridized carbons (Fsp3) is 0.519. The van der Waals surface area contributed by atoms with Crippen molar-refractivity contribution in [3.63, 3.8) is 0 Å². The molecule has 0 spiro atoms. The van der Waals surface area contributed by atoms with Gasteiger partial charge in [-0.1, -0.05) is 95.5 Å². The van der Waals surface area contributed by atoms with Crippen LogP contribution < -0.4 is 0 Å². The highest BCUT2D eigenvalue weighted by Gasteiger charge is 2.27. The van der Waals surface area contributed by atoms with Gasteiger partial charge in [-0.15, -0.1) is 0 Å². The van der Waals surface area contributed by atoms with E-state index in [0.29, 0.717) is 12.3 Å². The fourth-order valence-corrected chi connectivity index (χ4v) is 3.19. The zero-order valence-electron chi connectivity index (χ0n) is 18.9. The van der Waals surface area contributed by atoms with Crippen LogP contribution in [-0.4, -0.2) is 10.9 Å². The van der Waals surface area contributed by atoms with Gasteiger partial charge in [0, 0.05) is 5.92 Å². The fourth-order valence-electron chi connectivity index (χ4n) is 3.19. The minimum Gasteiger partial charge on any atom is -0.504 e. The summed E-state index contributed by atoms with van der Waals surface area (Å²) in [7, 11) is 0. The topological polar surface area (TPSA) is 37.3 Å². The average molecular weight is 397 g/mol. The molecular formula is C27H40O2.